The molecule has 1 aromatic rings. The van der Waals surface area contributed by atoms with Gasteiger partial charge in [0.25, 0.3) is 5.91 Å². The molecule has 0 aromatic carbocycles. The summed E-state index contributed by atoms with van der Waals surface area (Å²) in [6, 6.07) is 4.79. The van der Waals surface area contributed by atoms with Gasteiger partial charge in [-0.25, -0.2) is 4.98 Å². The molecule has 0 unspecified atom stereocenters. The van der Waals surface area contributed by atoms with Crippen molar-refractivity contribution in [2.24, 2.45) is 5.73 Å². The Hall–Kier alpha value is -2.11. The first-order chi connectivity index (χ1) is 8.04. The zero-order valence-electron chi connectivity index (χ0n) is 9.59. The molecule has 1 aromatic heterocycles. The van der Waals surface area contributed by atoms with Crippen LogP contribution in [0.4, 0.5) is 5.82 Å². The second kappa shape index (κ2) is 5.83. The number of hydrogen-bond donors (Lipinski definition) is 2. The Morgan fingerprint density at radius 1 is 1.47 bits per heavy atom. The van der Waals surface area contributed by atoms with Crippen LogP contribution >= 0.6 is 0 Å². The van der Waals surface area contributed by atoms with Crippen molar-refractivity contribution in [3.05, 3.63) is 23.9 Å². The molecule has 0 aliphatic carbocycles. The molecule has 0 spiro atoms. The van der Waals surface area contributed by atoms with E-state index in [1.165, 1.54) is 6.07 Å². The number of carbonyl (C=O) groups excluding carboxylic acids is 1. The molecule has 0 aliphatic heterocycles. The van der Waals surface area contributed by atoms with Crippen molar-refractivity contribution in [3.63, 3.8) is 0 Å². The number of carbonyl (C=O) groups is 2. The average molecular weight is 237 g/mol. The predicted octanol–water partition coefficient (Wildman–Crippen LogP) is 0.481. The molecule has 0 atom stereocenters. The molecule has 0 radical (unpaired) electrons. The van der Waals surface area contributed by atoms with Gasteiger partial charge in [-0.15, -0.1) is 0 Å². The molecule has 17 heavy (non-hydrogen) atoms. The van der Waals surface area contributed by atoms with Crippen molar-refractivity contribution in [2.75, 3.05) is 18.0 Å². The second-order valence-corrected chi connectivity index (χ2v) is 3.56. The fourth-order valence-electron chi connectivity index (χ4n) is 1.44. The molecule has 0 fully saturated rings. The summed E-state index contributed by atoms with van der Waals surface area (Å²) in [5.74, 6) is -1.12. The number of anilines is 1. The maximum Gasteiger partial charge on any atom is 0.323 e. The number of rotatable bonds is 6. The monoisotopic (exact) mass is 237 g/mol. The van der Waals surface area contributed by atoms with Gasteiger partial charge in [0.1, 0.15) is 18.1 Å². The van der Waals surface area contributed by atoms with Gasteiger partial charge in [0, 0.05) is 6.54 Å². The average Bonchev–Trinajstić information content (AvgIpc) is 2.28. The highest BCUT2D eigenvalue weighted by molar-refractivity contribution is 5.91. The lowest BCUT2D eigenvalue weighted by molar-refractivity contribution is -0.135. The highest BCUT2D eigenvalue weighted by atomic mass is 16.4. The van der Waals surface area contributed by atoms with E-state index in [2.05, 4.69) is 4.98 Å². The number of aliphatic carboxylic acids is 1. The minimum Gasteiger partial charge on any atom is -0.480 e. The summed E-state index contributed by atoms with van der Waals surface area (Å²) in [5.41, 5.74) is 5.26. The van der Waals surface area contributed by atoms with Gasteiger partial charge >= 0.3 is 5.97 Å². The van der Waals surface area contributed by atoms with Gasteiger partial charge in [-0.2, -0.15) is 0 Å². The van der Waals surface area contributed by atoms with E-state index >= 15 is 0 Å². The van der Waals surface area contributed by atoms with Crippen LogP contribution in [0, 0.1) is 0 Å². The van der Waals surface area contributed by atoms with Gasteiger partial charge in [-0.3, -0.25) is 9.59 Å². The third-order valence-corrected chi connectivity index (χ3v) is 2.13. The minimum atomic E-state index is -0.940. The molecular formula is C11H15N3O3. The van der Waals surface area contributed by atoms with Crippen LogP contribution in [0.25, 0.3) is 0 Å². The topological polar surface area (TPSA) is 96.5 Å². The fourth-order valence-corrected chi connectivity index (χ4v) is 1.44. The van der Waals surface area contributed by atoms with Crippen molar-refractivity contribution < 1.29 is 14.7 Å². The zero-order valence-corrected chi connectivity index (χ0v) is 9.59. The molecule has 3 N–H and O–H groups in total. The SMILES string of the molecule is CCCN(CC(=O)O)c1cccc(C(N)=O)n1. The second-order valence-electron chi connectivity index (χ2n) is 3.56. The van der Waals surface area contributed by atoms with Crippen LogP contribution in [0.15, 0.2) is 18.2 Å². The summed E-state index contributed by atoms with van der Waals surface area (Å²) in [4.78, 5) is 27.3. The van der Waals surface area contributed by atoms with Crippen LogP contribution in [-0.2, 0) is 4.79 Å². The largest absolute Gasteiger partial charge is 0.480 e. The molecule has 6 nitrogen and oxygen atoms in total. The summed E-state index contributed by atoms with van der Waals surface area (Å²) >= 11 is 0. The Kier molecular flexibility index (Phi) is 4.45. The summed E-state index contributed by atoms with van der Waals surface area (Å²) in [6.07, 6.45) is 0.787. The van der Waals surface area contributed by atoms with Crippen LogP contribution in [-0.4, -0.2) is 35.1 Å². The first kappa shape index (κ1) is 13.0. The van der Waals surface area contributed by atoms with Crippen LogP contribution in [0.2, 0.25) is 0 Å². The van der Waals surface area contributed by atoms with E-state index in [1.807, 2.05) is 6.92 Å². The number of carboxylic acids is 1. The Labute approximate surface area is 99.1 Å². The number of aromatic nitrogens is 1. The Morgan fingerprint density at radius 2 is 2.18 bits per heavy atom. The van der Waals surface area contributed by atoms with E-state index in [0.29, 0.717) is 12.4 Å². The highest BCUT2D eigenvalue weighted by Crippen LogP contribution is 2.11. The van der Waals surface area contributed by atoms with Crippen molar-refractivity contribution in [2.45, 2.75) is 13.3 Å². The van der Waals surface area contributed by atoms with E-state index in [9.17, 15) is 9.59 Å². The number of amides is 1. The van der Waals surface area contributed by atoms with Crippen LogP contribution in [0.1, 0.15) is 23.8 Å². The molecule has 1 amide bonds. The van der Waals surface area contributed by atoms with Gasteiger partial charge in [0.2, 0.25) is 0 Å². The normalized spacial score (nSPS) is 9.94. The number of hydrogen-bond acceptors (Lipinski definition) is 4. The van der Waals surface area contributed by atoms with E-state index in [1.54, 1.807) is 17.0 Å². The van der Waals surface area contributed by atoms with Crippen LogP contribution < -0.4 is 10.6 Å². The van der Waals surface area contributed by atoms with Crippen molar-refractivity contribution in [3.8, 4) is 0 Å². The summed E-state index contributed by atoms with van der Waals surface area (Å²) < 4.78 is 0. The predicted molar refractivity (Wildman–Crippen MR) is 62.9 cm³/mol. The number of primary amides is 1. The van der Waals surface area contributed by atoms with Crippen molar-refractivity contribution in [1.82, 2.24) is 4.98 Å². The van der Waals surface area contributed by atoms with E-state index in [-0.39, 0.29) is 12.2 Å². The van der Waals surface area contributed by atoms with Gasteiger partial charge < -0.3 is 15.7 Å². The molecule has 0 saturated heterocycles. The molecular weight excluding hydrogens is 222 g/mol. The van der Waals surface area contributed by atoms with Crippen molar-refractivity contribution >= 4 is 17.7 Å². The van der Waals surface area contributed by atoms with Crippen LogP contribution in [0.3, 0.4) is 0 Å². The van der Waals surface area contributed by atoms with Gasteiger partial charge in [-0.05, 0) is 18.6 Å². The molecule has 1 heterocycles. The third-order valence-electron chi connectivity index (χ3n) is 2.13. The lowest BCUT2D eigenvalue weighted by atomic mass is 10.3. The maximum absolute atomic E-state index is 11.0. The zero-order chi connectivity index (χ0) is 12.8. The Balaban J connectivity index is 2.96. The standard InChI is InChI=1S/C11H15N3O3/c1-2-6-14(7-10(15)16)9-5-3-4-8(13-9)11(12)17/h3-5H,2,6-7H2,1H3,(H2,12,17)(H,15,16). The number of pyridine rings is 1. The number of carboxylic acid groups (broad SMARTS) is 1. The maximum atomic E-state index is 11.0. The minimum absolute atomic E-state index is 0.133. The van der Waals surface area contributed by atoms with Crippen molar-refractivity contribution in [1.29, 1.82) is 0 Å². The molecule has 0 saturated carbocycles. The lowest BCUT2D eigenvalue weighted by Crippen LogP contribution is -2.31. The van der Waals surface area contributed by atoms with E-state index in [0.717, 1.165) is 6.42 Å². The summed E-state index contributed by atoms with van der Waals surface area (Å²) in [6.45, 7) is 2.34. The first-order valence-corrected chi connectivity index (χ1v) is 5.28. The highest BCUT2D eigenvalue weighted by Gasteiger charge is 2.12. The Morgan fingerprint density at radius 3 is 2.71 bits per heavy atom. The lowest BCUT2D eigenvalue weighted by Gasteiger charge is -2.21. The molecule has 92 valence electrons. The number of nitrogens with zero attached hydrogens (tertiary/aromatic N) is 2. The third kappa shape index (κ3) is 3.75. The van der Waals surface area contributed by atoms with Gasteiger partial charge in [0.15, 0.2) is 0 Å². The van der Waals surface area contributed by atoms with Gasteiger partial charge in [0.05, 0.1) is 0 Å². The smallest absolute Gasteiger partial charge is 0.323 e. The summed E-state index contributed by atoms with van der Waals surface area (Å²) in [7, 11) is 0. The van der Waals surface area contributed by atoms with E-state index < -0.39 is 11.9 Å². The molecule has 0 bridgehead atoms. The quantitative estimate of drug-likeness (QED) is 0.750. The molecule has 6 heteroatoms. The fraction of sp³-hybridized carbons (Fsp3) is 0.364. The molecule has 1 rings (SSSR count). The Bertz CT molecular complexity index is 420. The van der Waals surface area contributed by atoms with Gasteiger partial charge in [-0.1, -0.05) is 13.0 Å². The first-order valence-electron chi connectivity index (χ1n) is 5.28. The van der Waals surface area contributed by atoms with E-state index in [4.69, 9.17) is 10.8 Å². The molecule has 0 aliphatic rings. The number of nitrogens with two attached hydrogens (primary N) is 1. The summed E-state index contributed by atoms with van der Waals surface area (Å²) in [5, 5.41) is 8.79. The van der Waals surface area contributed by atoms with Crippen LogP contribution in [0.5, 0.6) is 0 Å².